The van der Waals surface area contributed by atoms with E-state index >= 15 is 0 Å². The molecular formula is C11H16N2O. The lowest BCUT2D eigenvalue weighted by Gasteiger charge is -2.05. The first kappa shape index (κ1) is 10.7. The van der Waals surface area contributed by atoms with Gasteiger partial charge in [-0.2, -0.15) is 0 Å². The van der Waals surface area contributed by atoms with E-state index in [2.05, 4.69) is 22.8 Å². The minimum absolute atomic E-state index is 0.0746. The van der Waals surface area contributed by atoms with Crippen molar-refractivity contribution in [3.63, 3.8) is 0 Å². The summed E-state index contributed by atoms with van der Waals surface area (Å²) in [7, 11) is 0. The smallest absolute Gasteiger partial charge is 0.220 e. The highest BCUT2D eigenvalue weighted by Gasteiger charge is 1.94. The van der Waals surface area contributed by atoms with Gasteiger partial charge in [-0.3, -0.25) is 10.1 Å². The fraction of sp³-hybridized carbons (Fsp3) is 0.364. The highest BCUT2D eigenvalue weighted by Crippen LogP contribution is 1.96. The molecule has 3 heteroatoms. The standard InChI is InChI=1S/C11H16N2O/c1-2-11(14)13-9-12-8-10-6-4-3-5-7-10/h3-7,12H,2,8-9H2,1H3,(H,13,14). The van der Waals surface area contributed by atoms with Gasteiger partial charge in [-0.1, -0.05) is 37.3 Å². The maximum atomic E-state index is 10.9. The van der Waals surface area contributed by atoms with E-state index in [9.17, 15) is 4.79 Å². The summed E-state index contributed by atoms with van der Waals surface area (Å²) in [5.41, 5.74) is 1.22. The summed E-state index contributed by atoms with van der Waals surface area (Å²) >= 11 is 0. The van der Waals surface area contributed by atoms with Crippen LogP contribution in [0.25, 0.3) is 0 Å². The molecule has 0 radical (unpaired) electrons. The van der Waals surface area contributed by atoms with E-state index in [1.54, 1.807) is 0 Å². The Kier molecular flexibility index (Phi) is 4.72. The molecule has 0 aliphatic carbocycles. The van der Waals surface area contributed by atoms with E-state index < -0.39 is 0 Å². The Morgan fingerprint density at radius 2 is 2.00 bits per heavy atom. The number of nitrogens with one attached hydrogen (secondary N) is 2. The number of hydrogen-bond donors (Lipinski definition) is 2. The molecule has 0 atom stereocenters. The second kappa shape index (κ2) is 6.16. The molecule has 0 aliphatic heterocycles. The maximum absolute atomic E-state index is 10.9. The van der Waals surface area contributed by atoms with Crippen LogP contribution in [-0.2, 0) is 11.3 Å². The molecule has 0 saturated carbocycles. The molecule has 0 aromatic heterocycles. The van der Waals surface area contributed by atoms with Crippen molar-refractivity contribution in [2.75, 3.05) is 6.67 Å². The van der Waals surface area contributed by atoms with Crippen molar-refractivity contribution in [1.82, 2.24) is 10.6 Å². The predicted octanol–water partition coefficient (Wildman–Crippen LogP) is 1.26. The molecule has 1 aromatic rings. The highest BCUT2D eigenvalue weighted by atomic mass is 16.1. The summed E-state index contributed by atoms with van der Waals surface area (Å²) < 4.78 is 0. The molecule has 2 N–H and O–H groups in total. The number of carbonyl (C=O) groups is 1. The molecule has 0 saturated heterocycles. The average Bonchev–Trinajstić information content (AvgIpc) is 2.25. The molecular weight excluding hydrogens is 176 g/mol. The monoisotopic (exact) mass is 192 g/mol. The van der Waals surface area contributed by atoms with E-state index in [1.807, 2.05) is 25.1 Å². The van der Waals surface area contributed by atoms with Crippen molar-refractivity contribution < 1.29 is 4.79 Å². The molecule has 76 valence electrons. The van der Waals surface area contributed by atoms with Crippen LogP contribution in [0.3, 0.4) is 0 Å². The minimum atomic E-state index is 0.0746. The molecule has 0 spiro atoms. The number of rotatable bonds is 5. The fourth-order valence-corrected chi connectivity index (χ4v) is 1.09. The zero-order valence-corrected chi connectivity index (χ0v) is 8.42. The van der Waals surface area contributed by atoms with Crippen LogP contribution in [0.5, 0.6) is 0 Å². The molecule has 1 aromatic carbocycles. The normalized spacial score (nSPS) is 9.79. The molecule has 0 bridgehead atoms. The van der Waals surface area contributed by atoms with Gasteiger partial charge in [0.05, 0.1) is 6.67 Å². The number of amides is 1. The molecule has 1 rings (SSSR count). The molecule has 0 fully saturated rings. The van der Waals surface area contributed by atoms with Crippen molar-refractivity contribution >= 4 is 5.91 Å². The van der Waals surface area contributed by atoms with E-state index in [4.69, 9.17) is 0 Å². The number of carbonyl (C=O) groups excluding carboxylic acids is 1. The summed E-state index contributed by atoms with van der Waals surface area (Å²) in [5, 5.41) is 5.89. The third-order valence-electron chi connectivity index (χ3n) is 1.90. The van der Waals surface area contributed by atoms with E-state index in [1.165, 1.54) is 5.56 Å². The lowest BCUT2D eigenvalue weighted by Crippen LogP contribution is -2.32. The van der Waals surface area contributed by atoms with Gasteiger partial charge < -0.3 is 5.32 Å². The Labute approximate surface area is 84.5 Å². The van der Waals surface area contributed by atoms with Crippen LogP contribution in [0.1, 0.15) is 18.9 Å². The zero-order valence-electron chi connectivity index (χ0n) is 8.42. The number of hydrogen-bond acceptors (Lipinski definition) is 2. The van der Waals surface area contributed by atoms with Crippen LogP contribution in [0.15, 0.2) is 30.3 Å². The maximum Gasteiger partial charge on any atom is 0.220 e. The van der Waals surface area contributed by atoms with Crippen molar-refractivity contribution in [3.8, 4) is 0 Å². The molecule has 3 nitrogen and oxygen atoms in total. The van der Waals surface area contributed by atoms with Gasteiger partial charge >= 0.3 is 0 Å². The highest BCUT2D eigenvalue weighted by molar-refractivity contribution is 5.75. The molecule has 0 aliphatic rings. The predicted molar refractivity (Wildman–Crippen MR) is 56.6 cm³/mol. The quantitative estimate of drug-likeness (QED) is 0.544. The van der Waals surface area contributed by atoms with Crippen LogP contribution in [0.2, 0.25) is 0 Å². The first-order chi connectivity index (χ1) is 6.83. The van der Waals surface area contributed by atoms with Gasteiger partial charge in [-0.15, -0.1) is 0 Å². The van der Waals surface area contributed by atoms with Gasteiger partial charge in [-0.05, 0) is 5.56 Å². The van der Waals surface area contributed by atoms with E-state index in [-0.39, 0.29) is 5.91 Å². The molecule has 0 unspecified atom stereocenters. The molecule has 0 heterocycles. The van der Waals surface area contributed by atoms with Gasteiger partial charge in [0, 0.05) is 13.0 Å². The van der Waals surface area contributed by atoms with Crippen LogP contribution in [0.4, 0.5) is 0 Å². The van der Waals surface area contributed by atoms with Gasteiger partial charge in [0.2, 0.25) is 5.91 Å². The minimum Gasteiger partial charge on any atom is -0.344 e. The third kappa shape index (κ3) is 4.05. The van der Waals surface area contributed by atoms with Crippen LogP contribution >= 0.6 is 0 Å². The topological polar surface area (TPSA) is 41.1 Å². The van der Waals surface area contributed by atoms with E-state index in [0.717, 1.165) is 6.54 Å². The first-order valence-corrected chi connectivity index (χ1v) is 4.84. The molecule has 1 amide bonds. The average molecular weight is 192 g/mol. The summed E-state index contributed by atoms with van der Waals surface area (Å²) in [5.74, 6) is 0.0746. The first-order valence-electron chi connectivity index (χ1n) is 4.84. The van der Waals surface area contributed by atoms with Crippen LogP contribution < -0.4 is 10.6 Å². The summed E-state index contributed by atoms with van der Waals surface area (Å²) in [6, 6.07) is 10.1. The SMILES string of the molecule is CCC(=O)NCNCc1ccccc1. The summed E-state index contributed by atoms with van der Waals surface area (Å²) in [6.45, 7) is 3.15. The third-order valence-corrected chi connectivity index (χ3v) is 1.90. The van der Waals surface area contributed by atoms with Gasteiger partial charge in [0.25, 0.3) is 0 Å². The van der Waals surface area contributed by atoms with E-state index in [0.29, 0.717) is 13.1 Å². The Hall–Kier alpha value is -1.35. The Bertz CT molecular complexity index is 272. The Morgan fingerprint density at radius 1 is 1.29 bits per heavy atom. The zero-order chi connectivity index (χ0) is 10.2. The van der Waals surface area contributed by atoms with Gasteiger partial charge in [-0.25, -0.2) is 0 Å². The lowest BCUT2D eigenvalue weighted by molar-refractivity contribution is -0.120. The van der Waals surface area contributed by atoms with Crippen molar-refractivity contribution in [1.29, 1.82) is 0 Å². The van der Waals surface area contributed by atoms with Crippen molar-refractivity contribution in [3.05, 3.63) is 35.9 Å². The summed E-state index contributed by atoms with van der Waals surface area (Å²) in [4.78, 5) is 10.9. The Morgan fingerprint density at radius 3 is 2.64 bits per heavy atom. The largest absolute Gasteiger partial charge is 0.344 e. The van der Waals surface area contributed by atoms with Gasteiger partial charge in [0.1, 0.15) is 0 Å². The lowest BCUT2D eigenvalue weighted by atomic mass is 10.2. The van der Waals surface area contributed by atoms with Crippen molar-refractivity contribution in [2.45, 2.75) is 19.9 Å². The fourth-order valence-electron chi connectivity index (χ4n) is 1.09. The van der Waals surface area contributed by atoms with Crippen LogP contribution in [0, 0.1) is 0 Å². The summed E-state index contributed by atoms with van der Waals surface area (Å²) in [6.07, 6.45) is 0.535. The molecule has 14 heavy (non-hydrogen) atoms. The second-order valence-corrected chi connectivity index (χ2v) is 3.04. The second-order valence-electron chi connectivity index (χ2n) is 3.04. The van der Waals surface area contributed by atoms with Crippen LogP contribution in [-0.4, -0.2) is 12.6 Å². The van der Waals surface area contributed by atoms with Crippen molar-refractivity contribution in [2.24, 2.45) is 0 Å². The van der Waals surface area contributed by atoms with Gasteiger partial charge in [0.15, 0.2) is 0 Å². The number of benzene rings is 1. The Balaban J connectivity index is 2.13.